The molecule has 4 heteroatoms. The van der Waals surface area contributed by atoms with Gasteiger partial charge < -0.3 is 15.8 Å². The normalized spacial score (nSPS) is 10.8. The molecular weight excluding hydrogens is 464 g/mol. The molecule has 0 amide bonds. The maximum atomic E-state index is 6.19. The molecule has 0 spiro atoms. The van der Waals surface area contributed by atoms with E-state index in [9.17, 15) is 0 Å². The number of benzene rings is 3. The van der Waals surface area contributed by atoms with E-state index >= 15 is 0 Å². The Labute approximate surface area is 222 Å². The first-order chi connectivity index (χ1) is 17.5. The molecule has 3 aromatic carbocycles. The van der Waals surface area contributed by atoms with E-state index < -0.39 is 0 Å². The summed E-state index contributed by atoms with van der Waals surface area (Å²) >= 11 is 5.95. The molecule has 36 heavy (non-hydrogen) atoms. The summed E-state index contributed by atoms with van der Waals surface area (Å²) in [6.45, 7) is 8.62. The molecule has 190 valence electrons. The summed E-state index contributed by atoms with van der Waals surface area (Å²) < 4.78 is 6.19. The van der Waals surface area contributed by atoms with Crippen LogP contribution in [0, 0.1) is 18.8 Å². The van der Waals surface area contributed by atoms with Crippen molar-refractivity contribution in [2.45, 2.75) is 72.0 Å². The van der Waals surface area contributed by atoms with E-state index in [0.29, 0.717) is 24.2 Å². The van der Waals surface area contributed by atoms with Crippen LogP contribution in [0.1, 0.15) is 72.9 Å². The highest BCUT2D eigenvalue weighted by atomic mass is 35.5. The summed E-state index contributed by atoms with van der Waals surface area (Å²) in [7, 11) is 0. The summed E-state index contributed by atoms with van der Waals surface area (Å²) in [5.74, 6) is 7.31. The van der Waals surface area contributed by atoms with Crippen LogP contribution in [0.3, 0.4) is 0 Å². The Hall–Kier alpha value is -2.77. The van der Waals surface area contributed by atoms with Crippen molar-refractivity contribution < 1.29 is 4.74 Å². The quantitative estimate of drug-likeness (QED) is 0.258. The molecule has 0 aliphatic rings. The van der Waals surface area contributed by atoms with Crippen molar-refractivity contribution in [3.8, 4) is 17.6 Å². The summed E-state index contributed by atoms with van der Waals surface area (Å²) in [6.07, 6.45) is 5.68. The average Bonchev–Trinajstić information content (AvgIpc) is 2.88. The lowest BCUT2D eigenvalue weighted by Gasteiger charge is -2.19. The van der Waals surface area contributed by atoms with Gasteiger partial charge >= 0.3 is 0 Å². The minimum absolute atomic E-state index is 0.549. The Bertz CT molecular complexity index is 1160. The van der Waals surface area contributed by atoms with Gasteiger partial charge in [-0.05, 0) is 84.5 Å². The standard InChI is InChI=1S/C32H39ClN2O/c1-4-6-31(7-5-2)35-23-29-14-10-27(22-34)21-28(29)18-19-36-32-17-13-26(20-24(32)3)9-8-25-11-15-30(33)16-12-25/h10-17,20-21,31,35H,4-7,18-19,22-23,34H2,1-3H3. The van der Waals surface area contributed by atoms with Crippen molar-refractivity contribution in [2.24, 2.45) is 5.73 Å². The van der Waals surface area contributed by atoms with E-state index in [2.05, 4.69) is 62.2 Å². The lowest BCUT2D eigenvalue weighted by Crippen LogP contribution is -2.28. The van der Waals surface area contributed by atoms with Crippen LogP contribution in [0.5, 0.6) is 5.75 Å². The molecule has 0 saturated heterocycles. The van der Waals surface area contributed by atoms with Crippen molar-refractivity contribution in [2.75, 3.05) is 6.61 Å². The number of nitrogens with two attached hydrogens (primary N) is 1. The number of nitrogens with one attached hydrogen (secondary N) is 1. The Morgan fingerprint density at radius 2 is 1.58 bits per heavy atom. The summed E-state index contributed by atoms with van der Waals surface area (Å²) in [5, 5.41) is 4.49. The van der Waals surface area contributed by atoms with Crippen molar-refractivity contribution in [1.82, 2.24) is 5.32 Å². The molecule has 0 fully saturated rings. The van der Waals surface area contributed by atoms with Gasteiger partial charge in [0.15, 0.2) is 0 Å². The fraction of sp³-hybridized carbons (Fsp3) is 0.375. The molecule has 0 aromatic heterocycles. The van der Waals surface area contributed by atoms with Gasteiger partial charge in [0, 0.05) is 41.7 Å². The summed E-state index contributed by atoms with van der Waals surface area (Å²) in [4.78, 5) is 0. The van der Waals surface area contributed by atoms with E-state index in [0.717, 1.165) is 41.0 Å². The lowest BCUT2D eigenvalue weighted by atomic mass is 10.00. The summed E-state index contributed by atoms with van der Waals surface area (Å²) in [5.41, 5.74) is 12.7. The van der Waals surface area contributed by atoms with E-state index in [-0.39, 0.29) is 0 Å². The van der Waals surface area contributed by atoms with Crippen LogP contribution in [-0.4, -0.2) is 12.6 Å². The van der Waals surface area contributed by atoms with Crippen LogP contribution in [0.15, 0.2) is 60.7 Å². The highest BCUT2D eigenvalue weighted by Crippen LogP contribution is 2.21. The molecule has 0 heterocycles. The van der Waals surface area contributed by atoms with Crippen LogP contribution in [0.2, 0.25) is 5.02 Å². The van der Waals surface area contributed by atoms with Crippen molar-refractivity contribution >= 4 is 11.6 Å². The fourth-order valence-electron chi connectivity index (χ4n) is 4.35. The topological polar surface area (TPSA) is 47.3 Å². The zero-order valence-electron chi connectivity index (χ0n) is 21.9. The molecule has 0 saturated carbocycles. The zero-order valence-corrected chi connectivity index (χ0v) is 22.6. The van der Waals surface area contributed by atoms with Crippen LogP contribution in [0.25, 0.3) is 0 Å². The highest BCUT2D eigenvalue weighted by Gasteiger charge is 2.10. The Morgan fingerprint density at radius 1 is 0.889 bits per heavy atom. The van der Waals surface area contributed by atoms with Gasteiger partial charge in [0.25, 0.3) is 0 Å². The van der Waals surface area contributed by atoms with Gasteiger partial charge in [0.2, 0.25) is 0 Å². The third-order valence-corrected chi connectivity index (χ3v) is 6.61. The van der Waals surface area contributed by atoms with E-state index in [1.54, 1.807) is 0 Å². The number of hydrogen-bond donors (Lipinski definition) is 2. The summed E-state index contributed by atoms with van der Waals surface area (Å²) in [6, 6.07) is 20.8. The largest absolute Gasteiger partial charge is 0.493 e. The molecule has 3 N–H and O–H groups in total. The predicted molar refractivity (Wildman–Crippen MR) is 153 cm³/mol. The van der Waals surface area contributed by atoms with Gasteiger partial charge in [-0.25, -0.2) is 0 Å². The molecule has 0 unspecified atom stereocenters. The Balaban J connectivity index is 1.62. The fourth-order valence-corrected chi connectivity index (χ4v) is 4.47. The third-order valence-electron chi connectivity index (χ3n) is 6.36. The molecule has 0 aliphatic heterocycles. The van der Waals surface area contributed by atoms with Gasteiger partial charge in [-0.15, -0.1) is 0 Å². The number of hydrogen-bond acceptors (Lipinski definition) is 3. The number of halogens is 1. The molecule has 3 aromatic rings. The van der Waals surface area contributed by atoms with E-state index in [1.807, 2.05) is 36.4 Å². The van der Waals surface area contributed by atoms with Crippen LogP contribution in [-0.2, 0) is 19.5 Å². The average molecular weight is 503 g/mol. The Kier molecular flexibility index (Phi) is 11.4. The van der Waals surface area contributed by atoms with E-state index in [4.69, 9.17) is 22.1 Å². The van der Waals surface area contributed by atoms with Gasteiger partial charge in [0.1, 0.15) is 5.75 Å². The monoisotopic (exact) mass is 502 g/mol. The number of rotatable bonds is 12. The van der Waals surface area contributed by atoms with Gasteiger partial charge in [-0.2, -0.15) is 0 Å². The van der Waals surface area contributed by atoms with Gasteiger partial charge in [-0.1, -0.05) is 68.3 Å². The molecule has 3 rings (SSSR count). The second kappa shape index (κ2) is 14.7. The first-order valence-corrected chi connectivity index (χ1v) is 13.4. The Morgan fingerprint density at radius 3 is 2.25 bits per heavy atom. The first kappa shape index (κ1) is 27.8. The van der Waals surface area contributed by atoms with Crippen molar-refractivity contribution in [3.05, 3.63) is 99.1 Å². The highest BCUT2D eigenvalue weighted by molar-refractivity contribution is 6.30. The minimum atomic E-state index is 0.549. The number of aryl methyl sites for hydroxylation is 1. The zero-order chi connectivity index (χ0) is 25.8. The third kappa shape index (κ3) is 8.71. The van der Waals surface area contributed by atoms with Crippen molar-refractivity contribution in [3.63, 3.8) is 0 Å². The molecule has 0 atom stereocenters. The molecule has 0 bridgehead atoms. The second-order valence-corrected chi connectivity index (χ2v) is 9.73. The molecule has 3 nitrogen and oxygen atoms in total. The molecule has 0 radical (unpaired) electrons. The van der Waals surface area contributed by atoms with E-state index in [1.165, 1.54) is 36.8 Å². The molecular formula is C32H39ClN2O. The van der Waals surface area contributed by atoms with Crippen LogP contribution < -0.4 is 15.8 Å². The maximum absolute atomic E-state index is 6.19. The van der Waals surface area contributed by atoms with Gasteiger partial charge in [0.05, 0.1) is 6.61 Å². The lowest BCUT2D eigenvalue weighted by molar-refractivity contribution is 0.319. The number of ether oxygens (including phenoxy) is 1. The van der Waals surface area contributed by atoms with Crippen LogP contribution in [0.4, 0.5) is 0 Å². The van der Waals surface area contributed by atoms with Crippen molar-refractivity contribution in [1.29, 1.82) is 0 Å². The second-order valence-electron chi connectivity index (χ2n) is 9.30. The van der Waals surface area contributed by atoms with Crippen LogP contribution >= 0.6 is 11.6 Å². The maximum Gasteiger partial charge on any atom is 0.122 e. The minimum Gasteiger partial charge on any atom is -0.493 e. The SMILES string of the molecule is CCCC(CCC)NCc1ccc(CN)cc1CCOc1ccc(C#Cc2ccc(Cl)cc2)cc1C. The molecule has 0 aliphatic carbocycles. The smallest absolute Gasteiger partial charge is 0.122 e. The van der Waals surface area contributed by atoms with Gasteiger partial charge in [-0.3, -0.25) is 0 Å². The first-order valence-electron chi connectivity index (χ1n) is 13.1. The predicted octanol–water partition coefficient (Wildman–Crippen LogP) is 7.19.